The van der Waals surface area contributed by atoms with E-state index >= 15 is 0 Å². The normalized spacial score (nSPS) is 16.0. The number of morpholine rings is 1. The van der Waals surface area contributed by atoms with Gasteiger partial charge in [0.25, 0.3) is 10.0 Å². The van der Waals surface area contributed by atoms with Gasteiger partial charge in [0, 0.05) is 24.7 Å². The van der Waals surface area contributed by atoms with Gasteiger partial charge in [-0.3, -0.25) is 9.71 Å². The molecule has 0 radical (unpaired) electrons. The average molecular weight is 434 g/mol. The van der Waals surface area contributed by atoms with Crippen LogP contribution in [0.15, 0.2) is 70.6 Å². The second-order valence-corrected chi connectivity index (χ2v) is 10.1. The smallest absolute Gasteiger partial charge is 0.261 e. The fourth-order valence-electron chi connectivity index (χ4n) is 3.12. The molecule has 152 valence electrons. The Kier molecular flexibility index (Phi) is 5.26. The van der Waals surface area contributed by atoms with Crippen LogP contribution in [-0.2, 0) is 24.8 Å². The minimum absolute atomic E-state index is 0.0358. The van der Waals surface area contributed by atoms with E-state index in [1.54, 1.807) is 24.4 Å². The lowest BCUT2D eigenvalue weighted by Crippen LogP contribution is -2.40. The molecule has 29 heavy (non-hydrogen) atoms. The third-order valence-electron chi connectivity index (χ3n) is 4.62. The van der Waals surface area contributed by atoms with E-state index in [0.717, 1.165) is 5.39 Å². The maximum Gasteiger partial charge on any atom is 0.261 e. The number of fused-ring (bicyclic) bond motifs is 1. The first kappa shape index (κ1) is 19.8. The summed E-state index contributed by atoms with van der Waals surface area (Å²) in [6, 6.07) is 14.0. The molecule has 1 fully saturated rings. The quantitative estimate of drug-likeness (QED) is 0.660. The number of para-hydroxylation sites is 1. The van der Waals surface area contributed by atoms with E-state index in [1.807, 2.05) is 12.1 Å². The molecule has 0 aliphatic carbocycles. The van der Waals surface area contributed by atoms with Crippen LogP contribution < -0.4 is 4.72 Å². The van der Waals surface area contributed by atoms with E-state index in [4.69, 9.17) is 4.74 Å². The molecule has 3 aromatic rings. The Morgan fingerprint density at radius 3 is 2.24 bits per heavy atom. The molecule has 2 heterocycles. The van der Waals surface area contributed by atoms with Crippen LogP contribution in [0.1, 0.15) is 0 Å². The molecule has 8 nitrogen and oxygen atoms in total. The standard InChI is InChI=1S/C19H19N3O5S2/c23-28(24,21-18-5-1-3-15-4-2-10-20-19(15)18)16-6-8-17(9-7-16)29(25,26)22-11-13-27-14-12-22/h1-10,21H,11-14H2. The first-order chi connectivity index (χ1) is 13.9. The maximum atomic E-state index is 12.8. The molecule has 2 aromatic carbocycles. The number of aromatic nitrogens is 1. The molecule has 1 N–H and O–H groups in total. The molecule has 0 spiro atoms. The molecule has 1 aliphatic heterocycles. The van der Waals surface area contributed by atoms with Gasteiger partial charge in [0.2, 0.25) is 10.0 Å². The summed E-state index contributed by atoms with van der Waals surface area (Å²) in [5.74, 6) is 0. The van der Waals surface area contributed by atoms with Crippen LogP contribution >= 0.6 is 0 Å². The lowest BCUT2D eigenvalue weighted by atomic mass is 10.2. The number of sulfonamides is 2. The molecular formula is C19H19N3O5S2. The highest BCUT2D eigenvalue weighted by atomic mass is 32.2. The summed E-state index contributed by atoms with van der Waals surface area (Å²) >= 11 is 0. The van der Waals surface area contributed by atoms with E-state index in [9.17, 15) is 16.8 Å². The fourth-order valence-corrected chi connectivity index (χ4v) is 5.59. The van der Waals surface area contributed by atoms with Crippen molar-refractivity contribution in [2.45, 2.75) is 9.79 Å². The molecule has 1 aromatic heterocycles. The van der Waals surface area contributed by atoms with E-state index in [-0.39, 0.29) is 22.9 Å². The first-order valence-corrected chi connectivity index (χ1v) is 11.8. The summed E-state index contributed by atoms with van der Waals surface area (Å²) < 4.78 is 60.0. The van der Waals surface area contributed by atoms with Crippen molar-refractivity contribution in [2.24, 2.45) is 0 Å². The molecule has 4 rings (SSSR count). The van der Waals surface area contributed by atoms with Gasteiger partial charge in [-0.25, -0.2) is 16.8 Å². The molecule has 0 saturated carbocycles. The molecule has 1 saturated heterocycles. The predicted octanol–water partition coefficient (Wildman–Crippen LogP) is 2.06. The Morgan fingerprint density at radius 2 is 1.52 bits per heavy atom. The summed E-state index contributed by atoms with van der Waals surface area (Å²) in [4.78, 5) is 4.25. The van der Waals surface area contributed by atoms with Gasteiger partial charge >= 0.3 is 0 Å². The van der Waals surface area contributed by atoms with Crippen molar-refractivity contribution in [3.63, 3.8) is 0 Å². The van der Waals surface area contributed by atoms with E-state index in [2.05, 4.69) is 9.71 Å². The van der Waals surface area contributed by atoms with Crippen molar-refractivity contribution >= 4 is 36.6 Å². The van der Waals surface area contributed by atoms with Crippen LogP contribution in [0, 0.1) is 0 Å². The van der Waals surface area contributed by atoms with Crippen LogP contribution in [0.5, 0.6) is 0 Å². The number of anilines is 1. The third kappa shape index (κ3) is 3.97. The summed E-state index contributed by atoms with van der Waals surface area (Å²) in [5, 5.41) is 0.805. The van der Waals surface area contributed by atoms with Gasteiger partial charge in [-0.05, 0) is 36.4 Å². The Hall–Kier alpha value is -2.53. The first-order valence-electron chi connectivity index (χ1n) is 8.92. The van der Waals surface area contributed by atoms with Crippen LogP contribution in [0.2, 0.25) is 0 Å². The summed E-state index contributed by atoms with van der Waals surface area (Å²) in [6.45, 7) is 1.24. The van der Waals surface area contributed by atoms with Crippen molar-refractivity contribution in [2.75, 3.05) is 31.0 Å². The largest absolute Gasteiger partial charge is 0.379 e. The lowest BCUT2D eigenvalue weighted by Gasteiger charge is -2.26. The van der Waals surface area contributed by atoms with Gasteiger partial charge < -0.3 is 4.74 Å². The Morgan fingerprint density at radius 1 is 0.862 bits per heavy atom. The average Bonchev–Trinajstić information content (AvgIpc) is 2.74. The third-order valence-corrected chi connectivity index (χ3v) is 7.91. The Balaban J connectivity index is 1.61. The second kappa shape index (κ2) is 7.71. The van der Waals surface area contributed by atoms with Gasteiger partial charge in [0.1, 0.15) is 0 Å². The highest BCUT2D eigenvalue weighted by Gasteiger charge is 2.27. The summed E-state index contributed by atoms with van der Waals surface area (Å²) in [5.41, 5.74) is 0.887. The van der Waals surface area contributed by atoms with E-state index in [1.165, 1.54) is 28.6 Å². The minimum Gasteiger partial charge on any atom is -0.379 e. The van der Waals surface area contributed by atoms with Gasteiger partial charge in [-0.15, -0.1) is 0 Å². The zero-order valence-corrected chi connectivity index (χ0v) is 17.0. The highest BCUT2D eigenvalue weighted by Crippen LogP contribution is 2.25. The molecule has 10 heteroatoms. The fraction of sp³-hybridized carbons (Fsp3) is 0.211. The van der Waals surface area contributed by atoms with Crippen LogP contribution in [0.4, 0.5) is 5.69 Å². The molecule has 1 aliphatic rings. The number of rotatable bonds is 5. The topological polar surface area (TPSA) is 106 Å². The lowest BCUT2D eigenvalue weighted by molar-refractivity contribution is 0.0730. The second-order valence-electron chi connectivity index (χ2n) is 6.47. The van der Waals surface area contributed by atoms with Gasteiger partial charge in [-0.1, -0.05) is 18.2 Å². The number of benzene rings is 2. The molecular weight excluding hydrogens is 414 g/mol. The molecule has 0 unspecified atom stereocenters. The molecule has 0 atom stereocenters. The van der Waals surface area contributed by atoms with Crippen LogP contribution in [0.25, 0.3) is 10.9 Å². The van der Waals surface area contributed by atoms with Gasteiger partial charge in [-0.2, -0.15) is 4.31 Å². The van der Waals surface area contributed by atoms with Crippen molar-refractivity contribution in [1.82, 2.24) is 9.29 Å². The molecule has 0 amide bonds. The monoisotopic (exact) mass is 433 g/mol. The van der Waals surface area contributed by atoms with Gasteiger partial charge in [0.15, 0.2) is 0 Å². The summed E-state index contributed by atoms with van der Waals surface area (Å²) in [6.07, 6.45) is 1.59. The van der Waals surface area contributed by atoms with E-state index in [0.29, 0.717) is 24.4 Å². The SMILES string of the molecule is O=S(=O)(Nc1cccc2cccnc12)c1ccc(S(=O)(=O)N2CCOCC2)cc1. The number of hydrogen-bond acceptors (Lipinski definition) is 6. The number of hydrogen-bond donors (Lipinski definition) is 1. The predicted molar refractivity (Wildman–Crippen MR) is 109 cm³/mol. The van der Waals surface area contributed by atoms with Crippen LogP contribution in [-0.4, -0.2) is 52.4 Å². The number of ether oxygens (including phenoxy) is 1. The number of nitrogens with zero attached hydrogens (tertiary/aromatic N) is 2. The summed E-state index contributed by atoms with van der Waals surface area (Å²) in [7, 11) is -7.59. The Bertz CT molecular complexity index is 1230. The van der Waals surface area contributed by atoms with Crippen molar-refractivity contribution in [3.05, 3.63) is 60.8 Å². The zero-order chi connectivity index (χ0) is 20.5. The number of nitrogens with one attached hydrogen (secondary N) is 1. The maximum absolute atomic E-state index is 12.8. The van der Waals surface area contributed by atoms with Crippen LogP contribution in [0.3, 0.4) is 0 Å². The van der Waals surface area contributed by atoms with Crippen molar-refractivity contribution < 1.29 is 21.6 Å². The van der Waals surface area contributed by atoms with Gasteiger partial charge in [0.05, 0.1) is 34.2 Å². The minimum atomic E-state index is -3.91. The molecule has 0 bridgehead atoms. The van der Waals surface area contributed by atoms with E-state index < -0.39 is 20.0 Å². The number of pyridine rings is 1. The van der Waals surface area contributed by atoms with Crippen molar-refractivity contribution in [3.8, 4) is 0 Å². The zero-order valence-electron chi connectivity index (χ0n) is 15.4. The van der Waals surface area contributed by atoms with Crippen molar-refractivity contribution in [1.29, 1.82) is 0 Å². The Labute approximate surface area is 169 Å². The highest BCUT2D eigenvalue weighted by molar-refractivity contribution is 7.92.